The quantitative estimate of drug-likeness (QED) is 0.250. The molecule has 0 atom stereocenters. The second-order valence-corrected chi connectivity index (χ2v) is 11.6. The van der Waals surface area contributed by atoms with E-state index in [9.17, 15) is 13.2 Å². The lowest BCUT2D eigenvalue weighted by Crippen LogP contribution is -2.30. The van der Waals surface area contributed by atoms with E-state index in [-0.39, 0.29) is 17.3 Å². The second kappa shape index (κ2) is 9.84. The third kappa shape index (κ3) is 4.75. The van der Waals surface area contributed by atoms with Crippen LogP contribution in [-0.2, 0) is 16.6 Å². The Bertz CT molecular complexity index is 1660. The average Bonchev–Trinajstić information content (AvgIpc) is 3.59. The number of aromatic nitrogens is 1. The predicted molar refractivity (Wildman–Crippen MR) is 147 cm³/mol. The number of aryl methyl sites for hydroxylation is 2. The van der Waals surface area contributed by atoms with Crippen molar-refractivity contribution in [3.8, 4) is 0 Å². The standard InChI is InChI=1S/C28H25N3O4S2/c1-19-11-16-25-26(20(19)2)29-28(36-25)31(18-23-10-7-17-35-23)27(32)21-12-14-24(15-13-21)37(33,34)30(3)22-8-5-4-6-9-22/h4-17H,18H2,1-3H3. The molecular formula is C28H25N3O4S2. The zero-order chi connectivity index (χ0) is 26.2. The van der Waals surface area contributed by atoms with Gasteiger partial charge in [0.05, 0.1) is 33.6 Å². The first-order valence-electron chi connectivity index (χ1n) is 11.6. The van der Waals surface area contributed by atoms with Crippen molar-refractivity contribution in [1.82, 2.24) is 4.98 Å². The number of amides is 1. The molecule has 0 aliphatic heterocycles. The molecule has 2 aromatic heterocycles. The molecule has 7 nitrogen and oxygen atoms in total. The number of carbonyl (C=O) groups is 1. The summed E-state index contributed by atoms with van der Waals surface area (Å²) in [6, 6.07) is 22.4. The first-order valence-corrected chi connectivity index (χ1v) is 13.9. The van der Waals surface area contributed by atoms with Gasteiger partial charge in [0.1, 0.15) is 5.76 Å². The molecule has 1 amide bonds. The molecule has 0 radical (unpaired) electrons. The summed E-state index contributed by atoms with van der Waals surface area (Å²) in [5.41, 5.74) is 3.96. The summed E-state index contributed by atoms with van der Waals surface area (Å²) in [5.74, 6) is 0.314. The van der Waals surface area contributed by atoms with Crippen molar-refractivity contribution in [1.29, 1.82) is 0 Å². The van der Waals surface area contributed by atoms with Crippen LogP contribution in [-0.4, -0.2) is 26.4 Å². The maximum Gasteiger partial charge on any atom is 0.264 e. The first-order chi connectivity index (χ1) is 17.8. The maximum absolute atomic E-state index is 13.7. The number of furan rings is 1. The van der Waals surface area contributed by atoms with Crippen molar-refractivity contribution in [2.75, 3.05) is 16.3 Å². The largest absolute Gasteiger partial charge is 0.467 e. The van der Waals surface area contributed by atoms with E-state index in [0.29, 0.717) is 22.1 Å². The van der Waals surface area contributed by atoms with Crippen LogP contribution in [0.2, 0.25) is 0 Å². The zero-order valence-electron chi connectivity index (χ0n) is 20.6. The number of rotatable bonds is 7. The summed E-state index contributed by atoms with van der Waals surface area (Å²) in [6.45, 7) is 4.25. The van der Waals surface area contributed by atoms with Crippen molar-refractivity contribution in [3.63, 3.8) is 0 Å². The first kappa shape index (κ1) is 24.7. The molecule has 0 bridgehead atoms. The summed E-state index contributed by atoms with van der Waals surface area (Å²) in [6.07, 6.45) is 1.56. The van der Waals surface area contributed by atoms with Crippen molar-refractivity contribution in [3.05, 3.63) is 108 Å². The minimum atomic E-state index is -3.79. The minimum Gasteiger partial charge on any atom is -0.467 e. The highest BCUT2D eigenvalue weighted by Crippen LogP contribution is 2.33. The summed E-state index contributed by atoms with van der Waals surface area (Å²) in [4.78, 5) is 20.2. The van der Waals surface area contributed by atoms with Gasteiger partial charge in [0.25, 0.3) is 15.9 Å². The summed E-state index contributed by atoms with van der Waals surface area (Å²) in [7, 11) is -2.29. The molecule has 2 heterocycles. The lowest BCUT2D eigenvalue weighted by molar-refractivity contribution is 0.0983. The van der Waals surface area contributed by atoms with Crippen LogP contribution in [0.3, 0.4) is 0 Å². The van der Waals surface area contributed by atoms with Crippen LogP contribution in [0.25, 0.3) is 10.2 Å². The third-order valence-corrected chi connectivity index (χ3v) is 9.17. The third-order valence-electron chi connectivity index (χ3n) is 6.32. The van der Waals surface area contributed by atoms with Gasteiger partial charge in [-0.2, -0.15) is 0 Å². The highest BCUT2D eigenvalue weighted by molar-refractivity contribution is 7.92. The van der Waals surface area contributed by atoms with Crippen LogP contribution < -0.4 is 9.21 Å². The number of para-hydroxylation sites is 1. The van der Waals surface area contributed by atoms with Gasteiger partial charge in [-0.05, 0) is 79.6 Å². The van der Waals surface area contributed by atoms with E-state index in [1.54, 1.807) is 47.6 Å². The molecule has 37 heavy (non-hydrogen) atoms. The highest BCUT2D eigenvalue weighted by atomic mass is 32.2. The van der Waals surface area contributed by atoms with Gasteiger partial charge in [-0.3, -0.25) is 14.0 Å². The van der Waals surface area contributed by atoms with Gasteiger partial charge >= 0.3 is 0 Å². The summed E-state index contributed by atoms with van der Waals surface area (Å²) in [5, 5.41) is 0.547. The van der Waals surface area contributed by atoms with E-state index < -0.39 is 10.0 Å². The van der Waals surface area contributed by atoms with Gasteiger partial charge in [0.2, 0.25) is 0 Å². The zero-order valence-corrected chi connectivity index (χ0v) is 22.2. The Morgan fingerprint density at radius 3 is 2.35 bits per heavy atom. The Kier molecular flexibility index (Phi) is 6.57. The number of fused-ring (bicyclic) bond motifs is 1. The average molecular weight is 532 g/mol. The Hall–Kier alpha value is -3.95. The SMILES string of the molecule is Cc1ccc2sc(N(Cc3ccco3)C(=O)c3ccc(S(=O)(=O)N(C)c4ccccc4)cc3)nc2c1C. The molecular weight excluding hydrogens is 506 g/mol. The van der Waals surface area contributed by atoms with Gasteiger partial charge in [-0.15, -0.1) is 0 Å². The number of benzene rings is 3. The number of nitrogens with zero attached hydrogens (tertiary/aromatic N) is 3. The van der Waals surface area contributed by atoms with E-state index in [1.165, 1.54) is 47.0 Å². The van der Waals surface area contributed by atoms with Crippen LogP contribution in [0.4, 0.5) is 10.8 Å². The Morgan fingerprint density at radius 2 is 1.68 bits per heavy atom. The fourth-order valence-corrected chi connectivity index (χ4v) is 6.19. The molecule has 0 saturated carbocycles. The van der Waals surface area contributed by atoms with Gasteiger partial charge in [0, 0.05) is 12.6 Å². The van der Waals surface area contributed by atoms with Crippen LogP contribution in [0.1, 0.15) is 27.2 Å². The smallest absolute Gasteiger partial charge is 0.264 e. The number of hydrogen-bond donors (Lipinski definition) is 0. The molecule has 0 unspecified atom stereocenters. The molecule has 5 rings (SSSR count). The molecule has 0 aliphatic carbocycles. The Balaban J connectivity index is 1.48. The number of sulfonamides is 1. The molecule has 0 aliphatic rings. The maximum atomic E-state index is 13.7. The molecule has 0 fully saturated rings. The van der Waals surface area contributed by atoms with Gasteiger partial charge in [0.15, 0.2) is 5.13 Å². The number of carbonyl (C=O) groups excluding carboxylic acids is 1. The van der Waals surface area contributed by atoms with E-state index in [2.05, 4.69) is 0 Å². The molecule has 9 heteroatoms. The van der Waals surface area contributed by atoms with Crippen LogP contribution in [0.5, 0.6) is 0 Å². The molecule has 0 N–H and O–H groups in total. The fourth-order valence-electron chi connectivity index (χ4n) is 3.97. The van der Waals surface area contributed by atoms with Gasteiger partial charge < -0.3 is 4.42 Å². The minimum absolute atomic E-state index is 0.0964. The summed E-state index contributed by atoms with van der Waals surface area (Å²) < 4.78 is 34.0. The number of thiazole rings is 1. The fraction of sp³-hybridized carbons (Fsp3) is 0.143. The topological polar surface area (TPSA) is 83.7 Å². The Labute approximate surface area is 219 Å². The van der Waals surface area contributed by atoms with Crippen LogP contribution >= 0.6 is 11.3 Å². The molecule has 5 aromatic rings. The summed E-state index contributed by atoms with van der Waals surface area (Å²) >= 11 is 1.43. The normalized spacial score (nSPS) is 11.5. The predicted octanol–water partition coefficient (Wildman–Crippen LogP) is 6.18. The number of anilines is 2. The van der Waals surface area contributed by atoms with E-state index in [1.807, 2.05) is 32.0 Å². The van der Waals surface area contributed by atoms with Gasteiger partial charge in [-0.1, -0.05) is 35.6 Å². The van der Waals surface area contributed by atoms with Crippen molar-refractivity contribution in [2.24, 2.45) is 0 Å². The van der Waals surface area contributed by atoms with Crippen LogP contribution in [0.15, 0.2) is 94.4 Å². The van der Waals surface area contributed by atoms with E-state index in [0.717, 1.165) is 21.3 Å². The Morgan fingerprint density at radius 1 is 0.946 bits per heavy atom. The molecule has 3 aromatic carbocycles. The van der Waals surface area contributed by atoms with E-state index in [4.69, 9.17) is 9.40 Å². The molecule has 0 saturated heterocycles. The second-order valence-electron chi connectivity index (χ2n) is 8.65. The van der Waals surface area contributed by atoms with Crippen molar-refractivity contribution < 1.29 is 17.6 Å². The van der Waals surface area contributed by atoms with Gasteiger partial charge in [-0.25, -0.2) is 13.4 Å². The highest BCUT2D eigenvalue weighted by Gasteiger charge is 2.25. The van der Waals surface area contributed by atoms with Crippen LogP contribution in [0, 0.1) is 13.8 Å². The van der Waals surface area contributed by atoms with Crippen molar-refractivity contribution in [2.45, 2.75) is 25.3 Å². The van der Waals surface area contributed by atoms with Crippen molar-refractivity contribution >= 4 is 48.3 Å². The lowest BCUT2D eigenvalue weighted by Gasteiger charge is -2.21. The molecule has 188 valence electrons. The molecule has 0 spiro atoms. The number of hydrogen-bond acceptors (Lipinski definition) is 6. The lowest BCUT2D eigenvalue weighted by atomic mass is 10.1. The monoisotopic (exact) mass is 531 g/mol. The van der Waals surface area contributed by atoms with E-state index >= 15 is 0 Å².